The van der Waals surface area contributed by atoms with Gasteiger partial charge in [0.15, 0.2) is 11.5 Å². The first-order valence-electron chi connectivity index (χ1n) is 6.48. The highest BCUT2D eigenvalue weighted by molar-refractivity contribution is 5.51. The Labute approximate surface area is 114 Å². The van der Waals surface area contributed by atoms with Crippen molar-refractivity contribution in [2.24, 2.45) is 5.73 Å². The van der Waals surface area contributed by atoms with Gasteiger partial charge in [0.05, 0.1) is 21.3 Å². The summed E-state index contributed by atoms with van der Waals surface area (Å²) in [5.74, 6) is 2.04. The summed E-state index contributed by atoms with van der Waals surface area (Å²) in [5.41, 5.74) is 7.15. The molecule has 1 fully saturated rings. The molecule has 0 aromatic heterocycles. The van der Waals surface area contributed by atoms with Crippen molar-refractivity contribution >= 4 is 0 Å². The molecule has 1 aliphatic rings. The van der Waals surface area contributed by atoms with Crippen LogP contribution in [-0.4, -0.2) is 33.9 Å². The zero-order chi connectivity index (χ0) is 13.8. The highest BCUT2D eigenvalue weighted by Crippen LogP contribution is 2.36. The van der Waals surface area contributed by atoms with Gasteiger partial charge >= 0.3 is 0 Å². The minimum atomic E-state index is -0.129. The fourth-order valence-electron chi connectivity index (χ4n) is 2.03. The first-order valence-corrected chi connectivity index (χ1v) is 6.48. The summed E-state index contributed by atoms with van der Waals surface area (Å²) in [6.07, 6.45) is 2.49. The Balaban J connectivity index is 2.20. The van der Waals surface area contributed by atoms with Crippen molar-refractivity contribution in [1.29, 1.82) is 0 Å². The van der Waals surface area contributed by atoms with Crippen molar-refractivity contribution in [2.75, 3.05) is 27.9 Å². The van der Waals surface area contributed by atoms with Crippen molar-refractivity contribution < 1.29 is 14.2 Å². The molecular formula is C14H22N2O3. The Kier molecular flexibility index (Phi) is 4.50. The third-order valence-electron chi connectivity index (χ3n) is 3.34. The van der Waals surface area contributed by atoms with Gasteiger partial charge in [-0.1, -0.05) is 0 Å². The predicted molar refractivity (Wildman–Crippen MR) is 74.1 cm³/mol. The third-order valence-corrected chi connectivity index (χ3v) is 3.34. The second-order valence-electron chi connectivity index (χ2n) is 4.74. The molecule has 1 saturated carbocycles. The number of hydrogen-bond acceptors (Lipinski definition) is 5. The van der Waals surface area contributed by atoms with Crippen LogP contribution in [0.25, 0.3) is 0 Å². The maximum absolute atomic E-state index is 6.22. The van der Waals surface area contributed by atoms with E-state index in [2.05, 4.69) is 5.32 Å². The number of hydrogen-bond donors (Lipinski definition) is 2. The molecule has 0 amide bonds. The van der Waals surface area contributed by atoms with Gasteiger partial charge in [0.1, 0.15) is 5.75 Å². The molecule has 5 heteroatoms. The van der Waals surface area contributed by atoms with Gasteiger partial charge in [-0.25, -0.2) is 0 Å². The zero-order valence-corrected chi connectivity index (χ0v) is 11.7. The van der Waals surface area contributed by atoms with E-state index in [0.29, 0.717) is 17.5 Å². The van der Waals surface area contributed by atoms with Crippen molar-refractivity contribution in [3.63, 3.8) is 0 Å². The maximum Gasteiger partial charge on any atom is 0.164 e. The molecule has 0 radical (unpaired) electrons. The van der Waals surface area contributed by atoms with E-state index in [0.717, 1.165) is 17.9 Å². The van der Waals surface area contributed by atoms with E-state index in [-0.39, 0.29) is 6.04 Å². The summed E-state index contributed by atoms with van der Waals surface area (Å²) >= 11 is 0. The average Bonchev–Trinajstić information content (AvgIpc) is 3.27. The Morgan fingerprint density at radius 1 is 1.11 bits per heavy atom. The van der Waals surface area contributed by atoms with Crippen LogP contribution in [0.5, 0.6) is 17.2 Å². The summed E-state index contributed by atoms with van der Waals surface area (Å²) in [4.78, 5) is 0. The summed E-state index contributed by atoms with van der Waals surface area (Å²) in [5, 5.41) is 3.42. The van der Waals surface area contributed by atoms with Gasteiger partial charge in [0.2, 0.25) is 0 Å². The maximum atomic E-state index is 6.22. The van der Waals surface area contributed by atoms with E-state index in [1.165, 1.54) is 12.8 Å². The van der Waals surface area contributed by atoms with Crippen LogP contribution in [0.1, 0.15) is 24.4 Å². The van der Waals surface area contributed by atoms with Crippen LogP contribution in [0.15, 0.2) is 12.1 Å². The van der Waals surface area contributed by atoms with E-state index in [4.69, 9.17) is 19.9 Å². The van der Waals surface area contributed by atoms with E-state index >= 15 is 0 Å². The van der Waals surface area contributed by atoms with Crippen LogP contribution in [0, 0.1) is 0 Å². The number of nitrogens with one attached hydrogen (secondary N) is 1. The second-order valence-corrected chi connectivity index (χ2v) is 4.74. The molecule has 3 N–H and O–H groups in total. The minimum absolute atomic E-state index is 0.129. The predicted octanol–water partition coefficient (Wildman–Crippen LogP) is 1.46. The molecule has 0 bridgehead atoms. The van der Waals surface area contributed by atoms with Crippen LogP contribution in [0.4, 0.5) is 0 Å². The molecule has 1 atom stereocenters. The normalized spacial score (nSPS) is 16.0. The van der Waals surface area contributed by atoms with Crippen molar-refractivity contribution in [3.8, 4) is 17.2 Å². The molecule has 0 heterocycles. The molecule has 0 aliphatic heterocycles. The molecular weight excluding hydrogens is 244 g/mol. The van der Waals surface area contributed by atoms with Gasteiger partial charge in [-0.3, -0.25) is 0 Å². The monoisotopic (exact) mass is 266 g/mol. The zero-order valence-electron chi connectivity index (χ0n) is 11.7. The SMILES string of the molecule is COc1cc(OC)c(C(N)CNC2CC2)cc1OC. The van der Waals surface area contributed by atoms with Crippen molar-refractivity contribution in [1.82, 2.24) is 5.32 Å². The van der Waals surface area contributed by atoms with Crippen LogP contribution < -0.4 is 25.3 Å². The van der Waals surface area contributed by atoms with E-state index in [1.807, 2.05) is 12.1 Å². The van der Waals surface area contributed by atoms with Crippen LogP contribution in [0.2, 0.25) is 0 Å². The lowest BCUT2D eigenvalue weighted by molar-refractivity contribution is 0.346. The van der Waals surface area contributed by atoms with E-state index in [1.54, 1.807) is 21.3 Å². The molecule has 1 aliphatic carbocycles. The Bertz CT molecular complexity index is 433. The Hall–Kier alpha value is -1.46. The van der Waals surface area contributed by atoms with Gasteiger partial charge < -0.3 is 25.3 Å². The van der Waals surface area contributed by atoms with Crippen molar-refractivity contribution in [2.45, 2.75) is 24.9 Å². The van der Waals surface area contributed by atoms with Gasteiger partial charge in [0.25, 0.3) is 0 Å². The molecule has 106 valence electrons. The molecule has 2 rings (SSSR count). The molecule has 1 aromatic rings. The first kappa shape index (κ1) is 14.0. The van der Waals surface area contributed by atoms with Gasteiger partial charge in [-0.2, -0.15) is 0 Å². The fraction of sp³-hybridized carbons (Fsp3) is 0.571. The van der Waals surface area contributed by atoms with E-state index < -0.39 is 0 Å². The lowest BCUT2D eigenvalue weighted by atomic mass is 10.1. The van der Waals surface area contributed by atoms with Crippen LogP contribution in [0.3, 0.4) is 0 Å². The van der Waals surface area contributed by atoms with Crippen LogP contribution >= 0.6 is 0 Å². The third kappa shape index (κ3) is 3.30. The lowest BCUT2D eigenvalue weighted by Gasteiger charge is -2.19. The number of nitrogens with two attached hydrogens (primary N) is 1. The minimum Gasteiger partial charge on any atom is -0.496 e. The molecule has 1 unspecified atom stereocenters. The summed E-state index contributed by atoms with van der Waals surface area (Å²) in [6.45, 7) is 0.733. The fourth-order valence-corrected chi connectivity index (χ4v) is 2.03. The molecule has 5 nitrogen and oxygen atoms in total. The number of ether oxygens (including phenoxy) is 3. The molecule has 0 spiro atoms. The standard InChI is InChI=1S/C14H22N2O3/c1-17-12-7-14(19-3)13(18-2)6-10(12)11(15)8-16-9-4-5-9/h6-7,9,11,16H,4-5,8,15H2,1-3H3. The highest BCUT2D eigenvalue weighted by atomic mass is 16.5. The highest BCUT2D eigenvalue weighted by Gasteiger charge is 2.23. The summed E-state index contributed by atoms with van der Waals surface area (Å²) in [7, 11) is 4.85. The topological polar surface area (TPSA) is 65.7 Å². The second kappa shape index (κ2) is 6.12. The number of benzene rings is 1. The lowest BCUT2D eigenvalue weighted by Crippen LogP contribution is -2.28. The van der Waals surface area contributed by atoms with Gasteiger partial charge in [-0.05, 0) is 18.9 Å². The first-order chi connectivity index (χ1) is 9.19. The quantitative estimate of drug-likeness (QED) is 0.782. The van der Waals surface area contributed by atoms with Crippen LogP contribution in [-0.2, 0) is 0 Å². The number of rotatable bonds is 7. The molecule has 19 heavy (non-hydrogen) atoms. The van der Waals surface area contributed by atoms with Gasteiger partial charge in [-0.15, -0.1) is 0 Å². The molecule has 1 aromatic carbocycles. The average molecular weight is 266 g/mol. The van der Waals surface area contributed by atoms with Crippen molar-refractivity contribution in [3.05, 3.63) is 17.7 Å². The summed E-state index contributed by atoms with van der Waals surface area (Å²) < 4.78 is 16.0. The summed E-state index contributed by atoms with van der Waals surface area (Å²) in [6, 6.07) is 4.20. The smallest absolute Gasteiger partial charge is 0.164 e. The van der Waals surface area contributed by atoms with Gasteiger partial charge in [0, 0.05) is 30.3 Å². The largest absolute Gasteiger partial charge is 0.496 e. The molecule has 0 saturated heterocycles. The Morgan fingerprint density at radius 2 is 1.68 bits per heavy atom. The number of methoxy groups -OCH3 is 3. The van der Waals surface area contributed by atoms with E-state index in [9.17, 15) is 0 Å². The Morgan fingerprint density at radius 3 is 2.21 bits per heavy atom.